The van der Waals surface area contributed by atoms with Gasteiger partial charge in [0.25, 0.3) is 11.8 Å². The third-order valence-electron chi connectivity index (χ3n) is 5.58. The molecule has 4 aliphatic carbocycles. The average molecular weight is 324 g/mol. The smallest absolute Gasteiger partial charge is 0.306 e. The summed E-state index contributed by atoms with van der Waals surface area (Å²) in [4.78, 5) is 20.7. The van der Waals surface area contributed by atoms with Crippen molar-refractivity contribution in [3.05, 3.63) is 0 Å². The maximum Gasteiger partial charge on any atom is 0.306 e. The number of hydrogen-bond acceptors (Lipinski definition) is 2. The summed E-state index contributed by atoms with van der Waals surface area (Å²) >= 11 is 0. The van der Waals surface area contributed by atoms with Gasteiger partial charge in [-0.1, -0.05) is 0 Å². The summed E-state index contributed by atoms with van der Waals surface area (Å²) in [6.45, 7) is 0. The monoisotopic (exact) mass is 324 g/mol. The highest BCUT2D eigenvalue weighted by atomic mass is 19.3. The molecule has 0 amide bonds. The van der Waals surface area contributed by atoms with Crippen molar-refractivity contribution < 1.29 is 37.4 Å². The van der Waals surface area contributed by atoms with Gasteiger partial charge in [-0.15, -0.1) is 0 Å². The molecule has 0 heterocycles. The summed E-state index contributed by atoms with van der Waals surface area (Å²) in [5.41, 5.74) is 0. The Labute approximate surface area is 123 Å². The molecule has 0 aromatic heterocycles. The van der Waals surface area contributed by atoms with E-state index in [0.29, 0.717) is 0 Å². The zero-order valence-electron chi connectivity index (χ0n) is 11.5. The Morgan fingerprint density at radius 3 is 1.09 bits per heavy atom. The number of alkyl halides is 4. The van der Waals surface area contributed by atoms with Crippen LogP contribution in [-0.2, 0) is 9.59 Å². The highest BCUT2D eigenvalue weighted by Crippen LogP contribution is 2.66. The molecule has 0 saturated heterocycles. The first-order valence-electron chi connectivity index (χ1n) is 7.28. The van der Waals surface area contributed by atoms with Crippen LogP contribution in [0.1, 0.15) is 25.7 Å². The number of aliphatic carboxylic acids is 2. The second-order valence-corrected chi connectivity index (χ2v) is 6.79. The molecule has 0 aliphatic heterocycles. The van der Waals surface area contributed by atoms with Crippen LogP contribution in [0.3, 0.4) is 0 Å². The molecule has 4 rings (SSSR count). The minimum atomic E-state index is -2.54. The molecule has 0 radical (unpaired) electrons. The van der Waals surface area contributed by atoms with Crippen LogP contribution in [-0.4, -0.2) is 34.0 Å². The van der Waals surface area contributed by atoms with Crippen LogP contribution in [0.4, 0.5) is 17.6 Å². The van der Waals surface area contributed by atoms with Gasteiger partial charge in [0.05, 0.1) is 11.8 Å². The Balaban J connectivity index is 0.000000131. The first-order chi connectivity index (χ1) is 10.1. The lowest BCUT2D eigenvalue weighted by atomic mass is 10.0. The van der Waals surface area contributed by atoms with E-state index in [2.05, 4.69) is 0 Å². The molecular formula is C14H16F4O4. The number of carbonyl (C=O) groups is 2. The Bertz CT molecular complexity index is 447. The Kier molecular flexibility index (Phi) is 3.24. The fourth-order valence-electron chi connectivity index (χ4n) is 4.03. The quantitative estimate of drug-likeness (QED) is 0.766. The lowest BCUT2D eigenvalue weighted by Crippen LogP contribution is -2.15. The van der Waals surface area contributed by atoms with Crippen LogP contribution in [0.15, 0.2) is 0 Å². The lowest BCUT2D eigenvalue weighted by Gasteiger charge is -2.07. The van der Waals surface area contributed by atoms with Crippen molar-refractivity contribution in [2.45, 2.75) is 37.5 Å². The van der Waals surface area contributed by atoms with E-state index < -0.39 is 59.3 Å². The molecule has 0 aromatic carbocycles. The van der Waals surface area contributed by atoms with Crippen molar-refractivity contribution >= 4 is 11.9 Å². The number of fused-ring (bicyclic) bond motifs is 2. The van der Waals surface area contributed by atoms with Crippen molar-refractivity contribution in [1.29, 1.82) is 0 Å². The minimum absolute atomic E-state index is 0.174. The van der Waals surface area contributed by atoms with Crippen molar-refractivity contribution in [3.63, 3.8) is 0 Å². The molecule has 8 heteroatoms. The molecule has 4 fully saturated rings. The zero-order chi connectivity index (χ0) is 16.4. The third kappa shape index (κ3) is 2.27. The lowest BCUT2D eigenvalue weighted by molar-refractivity contribution is -0.143. The highest BCUT2D eigenvalue weighted by Gasteiger charge is 2.73. The topological polar surface area (TPSA) is 74.6 Å². The van der Waals surface area contributed by atoms with Gasteiger partial charge in [-0.3, -0.25) is 9.59 Å². The van der Waals surface area contributed by atoms with Gasteiger partial charge in [0.15, 0.2) is 0 Å². The molecule has 124 valence electrons. The second kappa shape index (κ2) is 4.58. The van der Waals surface area contributed by atoms with E-state index in [4.69, 9.17) is 10.2 Å². The van der Waals surface area contributed by atoms with Crippen LogP contribution in [0.5, 0.6) is 0 Å². The van der Waals surface area contributed by atoms with E-state index in [1.807, 2.05) is 0 Å². The summed E-state index contributed by atoms with van der Waals surface area (Å²) in [6.07, 6.45) is 0.694. The number of halogens is 4. The maximum absolute atomic E-state index is 12.5. The molecule has 0 spiro atoms. The van der Waals surface area contributed by atoms with Gasteiger partial charge in [-0.05, 0) is 25.7 Å². The average Bonchev–Trinajstić information content (AvgIpc) is 3.01. The van der Waals surface area contributed by atoms with E-state index in [-0.39, 0.29) is 25.7 Å². The molecule has 0 bridgehead atoms. The SMILES string of the molecule is O=C(O)C1C[C@@H]2[C@H](C1)C2(F)F.O=C(O)C1C[C@@H]2[C@H](C1)C2(F)F. The van der Waals surface area contributed by atoms with Crippen molar-refractivity contribution in [3.8, 4) is 0 Å². The Morgan fingerprint density at radius 2 is 0.909 bits per heavy atom. The third-order valence-corrected chi connectivity index (χ3v) is 5.58. The molecule has 22 heavy (non-hydrogen) atoms. The molecular weight excluding hydrogens is 308 g/mol. The predicted molar refractivity (Wildman–Crippen MR) is 64.6 cm³/mol. The van der Waals surface area contributed by atoms with Gasteiger partial charge in [-0.2, -0.15) is 0 Å². The summed E-state index contributed by atoms with van der Waals surface area (Å²) in [5.74, 6) is -10.4. The van der Waals surface area contributed by atoms with Crippen LogP contribution < -0.4 is 0 Å². The van der Waals surface area contributed by atoms with E-state index in [1.165, 1.54) is 0 Å². The van der Waals surface area contributed by atoms with Crippen LogP contribution in [0.25, 0.3) is 0 Å². The Morgan fingerprint density at radius 1 is 0.682 bits per heavy atom. The highest BCUT2D eigenvalue weighted by molar-refractivity contribution is 5.71. The van der Waals surface area contributed by atoms with Crippen molar-refractivity contribution in [1.82, 2.24) is 0 Å². The first kappa shape index (κ1) is 15.6. The van der Waals surface area contributed by atoms with Gasteiger partial charge in [0, 0.05) is 23.7 Å². The largest absolute Gasteiger partial charge is 0.481 e. The van der Waals surface area contributed by atoms with Crippen LogP contribution in [0.2, 0.25) is 0 Å². The van der Waals surface area contributed by atoms with E-state index in [1.54, 1.807) is 0 Å². The normalized spacial score (nSPS) is 45.1. The van der Waals surface area contributed by atoms with E-state index >= 15 is 0 Å². The van der Waals surface area contributed by atoms with Crippen LogP contribution >= 0.6 is 0 Å². The molecule has 4 nitrogen and oxygen atoms in total. The molecule has 6 atom stereocenters. The zero-order valence-corrected chi connectivity index (χ0v) is 11.5. The number of carboxylic acids is 2. The summed E-state index contributed by atoms with van der Waals surface area (Å²) < 4.78 is 49.9. The number of rotatable bonds is 2. The molecule has 2 unspecified atom stereocenters. The molecule has 4 aliphatic rings. The summed E-state index contributed by atoms with van der Waals surface area (Å²) in [6, 6.07) is 0. The number of carboxylic acid groups (broad SMARTS) is 2. The van der Waals surface area contributed by atoms with E-state index in [9.17, 15) is 27.2 Å². The second-order valence-electron chi connectivity index (χ2n) is 6.79. The van der Waals surface area contributed by atoms with E-state index in [0.717, 1.165) is 0 Å². The maximum atomic E-state index is 12.5. The first-order valence-corrected chi connectivity index (χ1v) is 7.28. The van der Waals surface area contributed by atoms with Crippen molar-refractivity contribution in [2.75, 3.05) is 0 Å². The summed E-state index contributed by atoms with van der Waals surface area (Å²) in [7, 11) is 0. The van der Waals surface area contributed by atoms with Gasteiger partial charge in [-0.25, -0.2) is 17.6 Å². The van der Waals surface area contributed by atoms with Gasteiger partial charge in [0.1, 0.15) is 0 Å². The molecule has 4 saturated carbocycles. The predicted octanol–water partition coefficient (Wildman–Crippen LogP) is 2.72. The minimum Gasteiger partial charge on any atom is -0.481 e. The number of hydrogen-bond donors (Lipinski definition) is 2. The summed E-state index contributed by atoms with van der Waals surface area (Å²) in [5, 5.41) is 17.0. The standard InChI is InChI=1S/2C7H8F2O2/c2*8-7(9)4-1-3(6(10)11)2-5(4)7/h2*3-5H,1-2H2,(H,10,11)/t2*3?,4-,5+. The van der Waals surface area contributed by atoms with Crippen LogP contribution in [0, 0.1) is 35.5 Å². The fraction of sp³-hybridized carbons (Fsp3) is 0.857. The van der Waals surface area contributed by atoms with Gasteiger partial charge < -0.3 is 10.2 Å². The molecule has 0 aromatic rings. The van der Waals surface area contributed by atoms with Gasteiger partial charge >= 0.3 is 11.9 Å². The fourth-order valence-corrected chi connectivity index (χ4v) is 4.03. The molecule has 2 N–H and O–H groups in total. The van der Waals surface area contributed by atoms with Gasteiger partial charge in [0.2, 0.25) is 0 Å². The Hall–Kier alpha value is -1.34. The van der Waals surface area contributed by atoms with Crippen molar-refractivity contribution in [2.24, 2.45) is 35.5 Å².